The molecular formula is C14H20N2O2. The molecule has 1 N–H and O–H groups in total. The van der Waals surface area contributed by atoms with Gasteiger partial charge in [-0.3, -0.25) is 4.79 Å². The predicted octanol–water partition coefficient (Wildman–Crippen LogP) is 1.52. The molecule has 1 aromatic carbocycles. The standard InChI is InChI=1S/C14H20N2O2/c1-2-18-13-7-4-3-6-12(13)14(17)16-10-5-8-15-9-11-16/h3-4,6-7,15H,2,5,8-11H2,1H3. The first kappa shape index (κ1) is 12.9. The van der Waals surface area contributed by atoms with Gasteiger partial charge in [0.1, 0.15) is 5.75 Å². The van der Waals surface area contributed by atoms with E-state index in [2.05, 4.69) is 5.32 Å². The molecule has 4 nitrogen and oxygen atoms in total. The second-order valence-electron chi connectivity index (χ2n) is 4.32. The number of para-hydroxylation sites is 1. The van der Waals surface area contributed by atoms with Gasteiger partial charge in [0.2, 0.25) is 0 Å². The highest BCUT2D eigenvalue weighted by Crippen LogP contribution is 2.20. The fourth-order valence-corrected chi connectivity index (χ4v) is 2.14. The van der Waals surface area contributed by atoms with Gasteiger partial charge in [0.25, 0.3) is 5.91 Å². The van der Waals surface area contributed by atoms with Crippen LogP contribution in [0.1, 0.15) is 23.7 Å². The van der Waals surface area contributed by atoms with Crippen LogP contribution in [0.25, 0.3) is 0 Å². The van der Waals surface area contributed by atoms with Gasteiger partial charge in [-0.1, -0.05) is 12.1 Å². The minimum Gasteiger partial charge on any atom is -0.493 e. The monoisotopic (exact) mass is 248 g/mol. The van der Waals surface area contributed by atoms with Crippen LogP contribution in [-0.2, 0) is 0 Å². The Kier molecular flexibility index (Phi) is 4.59. The minimum absolute atomic E-state index is 0.0720. The van der Waals surface area contributed by atoms with E-state index in [1.54, 1.807) is 0 Å². The second kappa shape index (κ2) is 6.40. The van der Waals surface area contributed by atoms with Gasteiger partial charge in [0.15, 0.2) is 0 Å². The fraction of sp³-hybridized carbons (Fsp3) is 0.500. The molecule has 1 aromatic rings. The van der Waals surface area contributed by atoms with E-state index in [0.717, 1.165) is 32.6 Å². The summed E-state index contributed by atoms with van der Waals surface area (Å²) in [5.41, 5.74) is 0.668. The maximum atomic E-state index is 12.5. The molecule has 0 unspecified atom stereocenters. The van der Waals surface area contributed by atoms with Crippen molar-refractivity contribution < 1.29 is 9.53 Å². The van der Waals surface area contributed by atoms with Crippen molar-refractivity contribution in [2.75, 3.05) is 32.8 Å². The number of carbonyl (C=O) groups is 1. The molecular weight excluding hydrogens is 228 g/mol. The zero-order chi connectivity index (χ0) is 12.8. The maximum absolute atomic E-state index is 12.5. The molecule has 18 heavy (non-hydrogen) atoms. The lowest BCUT2D eigenvalue weighted by Gasteiger charge is -2.21. The third-order valence-electron chi connectivity index (χ3n) is 3.04. The van der Waals surface area contributed by atoms with E-state index in [9.17, 15) is 4.79 Å². The molecule has 1 aliphatic rings. The summed E-state index contributed by atoms with van der Waals surface area (Å²) in [6.45, 7) is 5.92. The molecule has 0 spiro atoms. The van der Waals surface area contributed by atoms with E-state index in [-0.39, 0.29) is 5.91 Å². The number of rotatable bonds is 3. The maximum Gasteiger partial charge on any atom is 0.257 e. The first-order chi connectivity index (χ1) is 8.83. The van der Waals surface area contributed by atoms with E-state index in [1.807, 2.05) is 36.1 Å². The molecule has 0 aliphatic carbocycles. The summed E-state index contributed by atoms with van der Waals surface area (Å²) < 4.78 is 5.52. The third-order valence-corrected chi connectivity index (χ3v) is 3.04. The summed E-state index contributed by atoms with van der Waals surface area (Å²) in [7, 11) is 0. The first-order valence-corrected chi connectivity index (χ1v) is 6.54. The van der Waals surface area contributed by atoms with Crippen molar-refractivity contribution in [3.63, 3.8) is 0 Å². The van der Waals surface area contributed by atoms with Crippen LogP contribution in [0.15, 0.2) is 24.3 Å². The van der Waals surface area contributed by atoms with E-state index < -0.39 is 0 Å². The minimum atomic E-state index is 0.0720. The van der Waals surface area contributed by atoms with Crippen LogP contribution in [0.5, 0.6) is 5.75 Å². The zero-order valence-corrected chi connectivity index (χ0v) is 10.8. The van der Waals surface area contributed by atoms with Gasteiger partial charge in [-0.15, -0.1) is 0 Å². The van der Waals surface area contributed by atoms with Crippen molar-refractivity contribution in [1.29, 1.82) is 0 Å². The number of benzene rings is 1. The van der Waals surface area contributed by atoms with Gasteiger partial charge in [-0.2, -0.15) is 0 Å². The van der Waals surface area contributed by atoms with Gasteiger partial charge in [0, 0.05) is 19.6 Å². The third kappa shape index (κ3) is 3.01. The highest BCUT2D eigenvalue weighted by molar-refractivity contribution is 5.97. The summed E-state index contributed by atoms with van der Waals surface area (Å²) in [5.74, 6) is 0.755. The van der Waals surface area contributed by atoms with Crippen LogP contribution in [0.2, 0.25) is 0 Å². The van der Waals surface area contributed by atoms with Crippen LogP contribution in [0.3, 0.4) is 0 Å². The lowest BCUT2D eigenvalue weighted by atomic mass is 10.1. The van der Waals surface area contributed by atoms with E-state index in [1.165, 1.54) is 0 Å². The van der Waals surface area contributed by atoms with Crippen molar-refractivity contribution in [2.24, 2.45) is 0 Å². The Balaban J connectivity index is 2.16. The lowest BCUT2D eigenvalue weighted by Crippen LogP contribution is -2.34. The highest BCUT2D eigenvalue weighted by atomic mass is 16.5. The lowest BCUT2D eigenvalue weighted by molar-refractivity contribution is 0.0762. The number of amides is 1. The van der Waals surface area contributed by atoms with Gasteiger partial charge >= 0.3 is 0 Å². The van der Waals surface area contributed by atoms with Crippen LogP contribution in [0.4, 0.5) is 0 Å². The zero-order valence-electron chi connectivity index (χ0n) is 10.8. The SMILES string of the molecule is CCOc1ccccc1C(=O)N1CCCNCC1. The van der Waals surface area contributed by atoms with E-state index >= 15 is 0 Å². The predicted molar refractivity (Wildman–Crippen MR) is 71.0 cm³/mol. The Morgan fingerprint density at radius 3 is 3.00 bits per heavy atom. The van der Waals surface area contributed by atoms with Crippen LogP contribution in [0, 0.1) is 0 Å². The molecule has 0 aromatic heterocycles. The summed E-state index contributed by atoms with van der Waals surface area (Å²) in [4.78, 5) is 14.4. The van der Waals surface area contributed by atoms with Crippen molar-refractivity contribution in [1.82, 2.24) is 10.2 Å². The fourth-order valence-electron chi connectivity index (χ4n) is 2.14. The number of ether oxygens (including phenoxy) is 1. The van der Waals surface area contributed by atoms with Gasteiger partial charge < -0.3 is 15.0 Å². The average molecular weight is 248 g/mol. The Bertz CT molecular complexity index is 399. The Morgan fingerprint density at radius 1 is 1.33 bits per heavy atom. The molecule has 1 amide bonds. The van der Waals surface area contributed by atoms with Crippen molar-refractivity contribution in [3.8, 4) is 5.75 Å². The molecule has 0 saturated carbocycles. The Labute approximate surface area is 108 Å². The number of hydrogen-bond donors (Lipinski definition) is 1. The van der Waals surface area contributed by atoms with Crippen LogP contribution >= 0.6 is 0 Å². The van der Waals surface area contributed by atoms with Gasteiger partial charge in [-0.25, -0.2) is 0 Å². The van der Waals surface area contributed by atoms with Crippen LogP contribution < -0.4 is 10.1 Å². The molecule has 1 fully saturated rings. The average Bonchev–Trinajstić information content (AvgIpc) is 2.68. The summed E-state index contributed by atoms with van der Waals surface area (Å²) >= 11 is 0. The molecule has 1 aliphatic heterocycles. The quantitative estimate of drug-likeness (QED) is 0.882. The van der Waals surface area contributed by atoms with Gasteiger partial charge in [0.05, 0.1) is 12.2 Å². The van der Waals surface area contributed by atoms with Crippen molar-refractivity contribution in [3.05, 3.63) is 29.8 Å². The molecule has 4 heteroatoms. The molecule has 98 valence electrons. The molecule has 0 bridgehead atoms. The molecule has 0 radical (unpaired) electrons. The highest BCUT2D eigenvalue weighted by Gasteiger charge is 2.19. The van der Waals surface area contributed by atoms with E-state index in [0.29, 0.717) is 17.9 Å². The van der Waals surface area contributed by atoms with Crippen molar-refractivity contribution in [2.45, 2.75) is 13.3 Å². The van der Waals surface area contributed by atoms with Gasteiger partial charge in [-0.05, 0) is 32.0 Å². The van der Waals surface area contributed by atoms with E-state index in [4.69, 9.17) is 4.74 Å². The summed E-state index contributed by atoms with van der Waals surface area (Å²) in [6.07, 6.45) is 1.00. The first-order valence-electron chi connectivity index (χ1n) is 6.54. The summed E-state index contributed by atoms with van der Waals surface area (Å²) in [6, 6.07) is 7.47. The number of hydrogen-bond acceptors (Lipinski definition) is 3. The second-order valence-corrected chi connectivity index (χ2v) is 4.32. The molecule has 1 saturated heterocycles. The number of nitrogens with zero attached hydrogens (tertiary/aromatic N) is 1. The Hall–Kier alpha value is -1.55. The van der Waals surface area contributed by atoms with Crippen LogP contribution in [-0.4, -0.2) is 43.6 Å². The normalized spacial score (nSPS) is 16.2. The smallest absolute Gasteiger partial charge is 0.257 e. The van der Waals surface area contributed by atoms with Crippen molar-refractivity contribution >= 4 is 5.91 Å². The number of nitrogens with one attached hydrogen (secondary N) is 1. The molecule has 1 heterocycles. The largest absolute Gasteiger partial charge is 0.493 e. The molecule has 0 atom stereocenters. The Morgan fingerprint density at radius 2 is 2.17 bits per heavy atom. The summed E-state index contributed by atoms with van der Waals surface area (Å²) in [5, 5.41) is 3.30. The molecule has 2 rings (SSSR count). The topological polar surface area (TPSA) is 41.6 Å². The number of carbonyl (C=O) groups excluding carboxylic acids is 1.